The molecular formula is C12H17N3S2. The van der Waals surface area contributed by atoms with Gasteiger partial charge in [0.1, 0.15) is 10.8 Å². The van der Waals surface area contributed by atoms with E-state index in [1.165, 1.54) is 0 Å². The van der Waals surface area contributed by atoms with Crippen LogP contribution in [0.5, 0.6) is 0 Å². The summed E-state index contributed by atoms with van der Waals surface area (Å²) in [6.45, 7) is 5.54. The first-order valence-electron chi connectivity index (χ1n) is 5.73. The maximum Gasteiger partial charge on any atom is 0.129 e. The van der Waals surface area contributed by atoms with Crippen molar-refractivity contribution in [1.29, 1.82) is 0 Å². The number of hydrogen-bond donors (Lipinski definition) is 1. The lowest BCUT2D eigenvalue weighted by Gasteiger charge is -2.38. The fraction of sp³-hybridized carbons (Fsp3) is 0.500. The van der Waals surface area contributed by atoms with Crippen LogP contribution in [0.1, 0.15) is 19.4 Å². The maximum absolute atomic E-state index is 5.66. The molecule has 1 aliphatic rings. The van der Waals surface area contributed by atoms with Crippen LogP contribution < -0.4 is 10.6 Å². The van der Waals surface area contributed by atoms with Crippen LogP contribution in [0.4, 0.5) is 5.82 Å². The third kappa shape index (κ3) is 2.72. The zero-order valence-electron chi connectivity index (χ0n) is 10.1. The van der Waals surface area contributed by atoms with Crippen molar-refractivity contribution in [2.45, 2.75) is 25.1 Å². The summed E-state index contributed by atoms with van der Waals surface area (Å²) in [6.07, 6.45) is 1.78. The molecule has 3 nitrogen and oxygen atoms in total. The highest BCUT2D eigenvalue weighted by atomic mass is 32.2. The average molecular weight is 267 g/mol. The van der Waals surface area contributed by atoms with Crippen LogP contribution >= 0.6 is 24.0 Å². The van der Waals surface area contributed by atoms with Crippen LogP contribution in [0.15, 0.2) is 18.3 Å². The zero-order chi connectivity index (χ0) is 12.4. The van der Waals surface area contributed by atoms with E-state index in [2.05, 4.69) is 23.7 Å². The Morgan fingerprint density at radius 1 is 1.59 bits per heavy atom. The summed E-state index contributed by atoms with van der Waals surface area (Å²) in [6, 6.07) is 4.34. The summed E-state index contributed by atoms with van der Waals surface area (Å²) >= 11 is 7.02. The highest BCUT2D eigenvalue weighted by molar-refractivity contribution is 8.00. The Morgan fingerprint density at radius 3 is 3.06 bits per heavy atom. The molecule has 5 heteroatoms. The number of nitrogens with two attached hydrogens (primary N) is 1. The van der Waals surface area contributed by atoms with Gasteiger partial charge in [-0.15, -0.1) is 0 Å². The second-order valence-electron chi connectivity index (χ2n) is 4.28. The normalized spacial score (nSPS) is 24.7. The SMILES string of the molecule is CC1SCCN(c2cc(C(N)=S)ccn2)C1C. The molecule has 2 atom stereocenters. The minimum Gasteiger partial charge on any atom is -0.389 e. The van der Waals surface area contributed by atoms with Crippen molar-refractivity contribution >= 4 is 34.8 Å². The van der Waals surface area contributed by atoms with Gasteiger partial charge in [0.15, 0.2) is 0 Å². The van der Waals surface area contributed by atoms with Gasteiger partial charge in [0.25, 0.3) is 0 Å². The van der Waals surface area contributed by atoms with E-state index in [4.69, 9.17) is 18.0 Å². The first-order chi connectivity index (χ1) is 8.09. The fourth-order valence-corrected chi connectivity index (χ4v) is 3.21. The first-order valence-corrected chi connectivity index (χ1v) is 7.19. The fourth-order valence-electron chi connectivity index (χ4n) is 1.99. The van der Waals surface area contributed by atoms with Gasteiger partial charge < -0.3 is 10.6 Å². The highest BCUT2D eigenvalue weighted by Gasteiger charge is 2.26. The molecule has 17 heavy (non-hydrogen) atoms. The minimum absolute atomic E-state index is 0.431. The molecule has 1 fully saturated rings. The highest BCUT2D eigenvalue weighted by Crippen LogP contribution is 2.28. The lowest BCUT2D eigenvalue weighted by molar-refractivity contribution is 0.620. The number of thioether (sulfide) groups is 1. The largest absolute Gasteiger partial charge is 0.389 e. The molecule has 2 N–H and O–H groups in total. The Morgan fingerprint density at radius 2 is 2.35 bits per heavy atom. The van der Waals surface area contributed by atoms with Crippen molar-refractivity contribution in [2.75, 3.05) is 17.2 Å². The summed E-state index contributed by atoms with van der Waals surface area (Å²) in [5.74, 6) is 2.12. The van der Waals surface area contributed by atoms with E-state index in [-0.39, 0.29) is 0 Å². The lowest BCUT2D eigenvalue weighted by atomic mass is 10.2. The van der Waals surface area contributed by atoms with Crippen molar-refractivity contribution in [3.05, 3.63) is 23.9 Å². The van der Waals surface area contributed by atoms with E-state index < -0.39 is 0 Å². The van der Waals surface area contributed by atoms with Gasteiger partial charge in [0.2, 0.25) is 0 Å². The third-order valence-corrected chi connectivity index (χ3v) is 4.78. The van der Waals surface area contributed by atoms with Crippen LogP contribution in [0.3, 0.4) is 0 Å². The van der Waals surface area contributed by atoms with Gasteiger partial charge in [-0.25, -0.2) is 4.98 Å². The number of hydrogen-bond acceptors (Lipinski definition) is 4. The van der Waals surface area contributed by atoms with Crippen LogP contribution in [0.25, 0.3) is 0 Å². The number of aromatic nitrogens is 1. The van der Waals surface area contributed by atoms with E-state index in [0.29, 0.717) is 16.3 Å². The van der Waals surface area contributed by atoms with E-state index in [1.807, 2.05) is 23.9 Å². The number of anilines is 1. The lowest BCUT2D eigenvalue weighted by Crippen LogP contribution is -2.45. The standard InChI is InChI=1S/C12H17N3S2/c1-8-9(2)17-6-5-15(8)11-7-10(12(13)16)3-4-14-11/h3-4,7-9H,5-6H2,1-2H3,(H2,13,16). The predicted molar refractivity (Wildman–Crippen MR) is 78.9 cm³/mol. The van der Waals surface area contributed by atoms with E-state index in [1.54, 1.807) is 6.20 Å². The van der Waals surface area contributed by atoms with Crippen molar-refractivity contribution in [1.82, 2.24) is 4.98 Å². The van der Waals surface area contributed by atoms with Crippen molar-refractivity contribution < 1.29 is 0 Å². The number of nitrogens with zero attached hydrogens (tertiary/aromatic N) is 2. The van der Waals surface area contributed by atoms with Crippen molar-refractivity contribution in [3.63, 3.8) is 0 Å². The Labute approximate surface area is 112 Å². The molecule has 0 spiro atoms. The summed E-state index contributed by atoms with van der Waals surface area (Å²) < 4.78 is 0. The van der Waals surface area contributed by atoms with Gasteiger partial charge in [-0.3, -0.25) is 0 Å². The van der Waals surface area contributed by atoms with Crippen molar-refractivity contribution in [2.24, 2.45) is 5.73 Å². The molecule has 0 aromatic carbocycles. The monoisotopic (exact) mass is 267 g/mol. The van der Waals surface area contributed by atoms with Crippen LogP contribution in [0.2, 0.25) is 0 Å². The molecule has 0 radical (unpaired) electrons. The minimum atomic E-state index is 0.431. The number of pyridine rings is 1. The predicted octanol–water partition coefficient (Wildman–Crippen LogP) is 2.05. The molecule has 1 aromatic heterocycles. The molecule has 1 aliphatic heterocycles. The van der Waals surface area contributed by atoms with Gasteiger partial charge in [0.05, 0.1) is 0 Å². The molecule has 0 saturated carbocycles. The Kier molecular flexibility index (Phi) is 3.89. The third-order valence-electron chi connectivity index (χ3n) is 3.21. The molecule has 92 valence electrons. The van der Waals surface area contributed by atoms with Gasteiger partial charge in [0, 0.05) is 35.3 Å². The zero-order valence-corrected chi connectivity index (χ0v) is 11.7. The molecule has 2 unspecified atom stereocenters. The molecule has 1 aromatic rings. The van der Waals surface area contributed by atoms with E-state index in [0.717, 1.165) is 23.7 Å². The second-order valence-corrected chi connectivity index (χ2v) is 6.20. The summed E-state index contributed by atoms with van der Waals surface area (Å²) in [4.78, 5) is 7.20. The average Bonchev–Trinajstić information content (AvgIpc) is 2.33. The summed E-state index contributed by atoms with van der Waals surface area (Å²) in [5, 5.41) is 0.624. The van der Waals surface area contributed by atoms with Gasteiger partial charge >= 0.3 is 0 Å². The molecule has 0 amide bonds. The Bertz CT molecular complexity index is 422. The van der Waals surface area contributed by atoms with Crippen LogP contribution in [0, 0.1) is 0 Å². The molecule has 2 heterocycles. The molecule has 0 bridgehead atoms. The quantitative estimate of drug-likeness (QED) is 0.831. The Balaban J connectivity index is 2.26. The van der Waals surface area contributed by atoms with Gasteiger partial charge in [-0.05, 0) is 19.1 Å². The van der Waals surface area contributed by atoms with Crippen LogP contribution in [-0.2, 0) is 0 Å². The molecule has 1 saturated heterocycles. The smallest absolute Gasteiger partial charge is 0.129 e. The van der Waals surface area contributed by atoms with Crippen LogP contribution in [-0.4, -0.2) is 33.6 Å². The molecule has 2 rings (SSSR count). The molecule has 0 aliphatic carbocycles. The number of rotatable bonds is 2. The first kappa shape index (κ1) is 12.6. The summed E-state index contributed by atoms with van der Waals surface area (Å²) in [7, 11) is 0. The second kappa shape index (κ2) is 5.23. The Hall–Kier alpha value is -0.810. The van der Waals surface area contributed by atoms with Gasteiger partial charge in [-0.2, -0.15) is 11.8 Å². The van der Waals surface area contributed by atoms with E-state index >= 15 is 0 Å². The number of thiocarbonyl (C=S) groups is 1. The maximum atomic E-state index is 5.66. The van der Waals surface area contributed by atoms with E-state index in [9.17, 15) is 0 Å². The van der Waals surface area contributed by atoms with Crippen molar-refractivity contribution in [3.8, 4) is 0 Å². The molecular weight excluding hydrogens is 250 g/mol. The summed E-state index contributed by atoms with van der Waals surface area (Å²) in [5.41, 5.74) is 6.55. The van der Waals surface area contributed by atoms with Gasteiger partial charge in [-0.1, -0.05) is 19.1 Å². The topological polar surface area (TPSA) is 42.1 Å².